The molecule has 1 aromatic heterocycles. The van der Waals surface area contributed by atoms with Gasteiger partial charge in [0.15, 0.2) is 11.6 Å². The zero-order valence-corrected chi connectivity index (χ0v) is 14.3. The molecule has 0 aliphatic rings. The molecule has 0 spiro atoms. The summed E-state index contributed by atoms with van der Waals surface area (Å²) < 4.78 is 26.2. The molecule has 0 radical (unpaired) electrons. The largest absolute Gasteiger partial charge is 0.323 e. The molecule has 2 N–H and O–H groups in total. The summed E-state index contributed by atoms with van der Waals surface area (Å²) in [6.45, 7) is 1.70. The fourth-order valence-electron chi connectivity index (χ4n) is 2.19. The van der Waals surface area contributed by atoms with Gasteiger partial charge in [-0.15, -0.1) is 0 Å². The van der Waals surface area contributed by atoms with E-state index in [4.69, 9.17) is 11.6 Å². The average molecular weight is 375 g/mol. The van der Waals surface area contributed by atoms with Crippen LogP contribution in [0.15, 0.2) is 48.5 Å². The quantitative estimate of drug-likeness (QED) is 0.694. The van der Waals surface area contributed by atoms with Gasteiger partial charge in [0.2, 0.25) is 5.95 Å². The van der Waals surface area contributed by atoms with Crippen molar-refractivity contribution >= 4 is 34.8 Å². The maximum Gasteiger partial charge on any atom is 0.274 e. The molecule has 0 aliphatic carbocycles. The first-order chi connectivity index (χ1) is 12.4. The van der Waals surface area contributed by atoms with Crippen molar-refractivity contribution in [2.45, 2.75) is 6.92 Å². The first-order valence-electron chi connectivity index (χ1n) is 7.56. The maximum atomic E-state index is 13.3. The van der Waals surface area contributed by atoms with Gasteiger partial charge >= 0.3 is 0 Å². The number of hydrogen-bond acceptors (Lipinski definition) is 4. The topological polar surface area (TPSA) is 66.9 Å². The minimum atomic E-state index is -1.05. The number of aromatic nitrogens is 2. The molecule has 132 valence electrons. The van der Waals surface area contributed by atoms with Gasteiger partial charge in [-0.1, -0.05) is 23.7 Å². The molecule has 0 aliphatic heterocycles. The van der Waals surface area contributed by atoms with E-state index in [9.17, 15) is 13.6 Å². The van der Waals surface area contributed by atoms with Gasteiger partial charge in [0.05, 0.1) is 10.7 Å². The number of carbonyl (C=O) groups excluding carboxylic acids is 1. The molecule has 0 atom stereocenters. The van der Waals surface area contributed by atoms with Gasteiger partial charge in [-0.25, -0.2) is 18.7 Å². The van der Waals surface area contributed by atoms with Crippen molar-refractivity contribution in [1.29, 1.82) is 0 Å². The average Bonchev–Trinajstić information content (AvgIpc) is 2.60. The van der Waals surface area contributed by atoms with Crippen LogP contribution in [0.4, 0.5) is 26.1 Å². The number of amides is 1. The molecule has 0 saturated carbocycles. The third-order valence-electron chi connectivity index (χ3n) is 3.38. The van der Waals surface area contributed by atoms with E-state index in [-0.39, 0.29) is 17.3 Å². The SMILES string of the molecule is Cc1cc(C(=O)Nc2ccc(F)c(F)c2)nc(Nc2ccccc2Cl)n1. The molecule has 3 rings (SSSR count). The highest BCUT2D eigenvalue weighted by atomic mass is 35.5. The molecular weight excluding hydrogens is 362 g/mol. The summed E-state index contributed by atoms with van der Waals surface area (Å²) in [6, 6.07) is 11.6. The summed E-state index contributed by atoms with van der Waals surface area (Å²) in [6.07, 6.45) is 0. The molecule has 5 nitrogen and oxygen atoms in total. The first-order valence-corrected chi connectivity index (χ1v) is 7.94. The molecule has 3 aromatic rings. The van der Waals surface area contributed by atoms with Gasteiger partial charge in [-0.05, 0) is 37.3 Å². The third-order valence-corrected chi connectivity index (χ3v) is 3.71. The molecule has 1 amide bonds. The molecule has 0 fully saturated rings. The summed E-state index contributed by atoms with van der Waals surface area (Å²) in [4.78, 5) is 20.7. The Kier molecular flexibility index (Phi) is 5.09. The van der Waals surface area contributed by atoms with Crippen molar-refractivity contribution < 1.29 is 13.6 Å². The Labute approximate surface area is 153 Å². The van der Waals surface area contributed by atoms with Crippen LogP contribution in [-0.2, 0) is 0 Å². The van der Waals surface area contributed by atoms with Crippen molar-refractivity contribution in [3.63, 3.8) is 0 Å². The molecule has 26 heavy (non-hydrogen) atoms. The van der Waals surface area contributed by atoms with Gasteiger partial charge in [0.1, 0.15) is 5.69 Å². The standard InChI is InChI=1S/C18H13ClF2N4O/c1-10-8-16(17(26)23-11-6-7-13(20)14(21)9-11)25-18(22-10)24-15-5-3-2-4-12(15)19/h2-9H,1H3,(H,23,26)(H,22,24,25). The summed E-state index contributed by atoms with van der Waals surface area (Å²) in [5.74, 6) is -2.44. The maximum absolute atomic E-state index is 13.3. The highest BCUT2D eigenvalue weighted by Gasteiger charge is 2.13. The van der Waals surface area contributed by atoms with Crippen molar-refractivity contribution in [2.24, 2.45) is 0 Å². The van der Waals surface area contributed by atoms with E-state index in [0.717, 1.165) is 12.1 Å². The van der Waals surface area contributed by atoms with Crippen molar-refractivity contribution in [1.82, 2.24) is 9.97 Å². The number of para-hydroxylation sites is 1. The zero-order valence-electron chi connectivity index (χ0n) is 13.6. The van der Waals surface area contributed by atoms with E-state index in [1.807, 2.05) is 0 Å². The third kappa shape index (κ3) is 4.12. The molecule has 2 aromatic carbocycles. The lowest BCUT2D eigenvalue weighted by atomic mass is 10.2. The second-order valence-corrected chi connectivity index (χ2v) is 5.81. The second kappa shape index (κ2) is 7.45. The van der Waals surface area contributed by atoms with Gasteiger partial charge in [0, 0.05) is 17.4 Å². The summed E-state index contributed by atoms with van der Waals surface area (Å²) in [7, 11) is 0. The first kappa shape index (κ1) is 17.8. The Balaban J connectivity index is 1.83. The lowest BCUT2D eigenvalue weighted by Gasteiger charge is -2.10. The Morgan fingerprint density at radius 3 is 2.54 bits per heavy atom. The minimum absolute atomic E-state index is 0.0665. The van der Waals surface area contributed by atoms with Crippen LogP contribution in [0.3, 0.4) is 0 Å². The van der Waals surface area contributed by atoms with Crippen LogP contribution in [0.2, 0.25) is 5.02 Å². The Hall–Kier alpha value is -3.06. The summed E-state index contributed by atoms with van der Waals surface area (Å²) in [5.41, 5.74) is 1.32. The smallest absolute Gasteiger partial charge is 0.274 e. The number of halogens is 3. The zero-order chi connectivity index (χ0) is 18.7. The number of anilines is 3. The lowest BCUT2D eigenvalue weighted by molar-refractivity contribution is 0.102. The van der Waals surface area contributed by atoms with E-state index in [1.165, 1.54) is 12.1 Å². The number of hydrogen-bond donors (Lipinski definition) is 2. The number of aryl methyl sites for hydroxylation is 1. The lowest BCUT2D eigenvalue weighted by Crippen LogP contribution is -2.15. The van der Waals surface area contributed by atoms with Crippen molar-refractivity contribution in [3.8, 4) is 0 Å². The van der Waals surface area contributed by atoms with Crippen LogP contribution in [0.1, 0.15) is 16.2 Å². The fourth-order valence-corrected chi connectivity index (χ4v) is 2.38. The number of nitrogens with zero attached hydrogens (tertiary/aromatic N) is 2. The molecule has 8 heteroatoms. The number of nitrogens with one attached hydrogen (secondary N) is 2. The predicted molar refractivity (Wildman–Crippen MR) is 95.8 cm³/mol. The van der Waals surface area contributed by atoms with E-state index in [2.05, 4.69) is 20.6 Å². The highest BCUT2D eigenvalue weighted by molar-refractivity contribution is 6.33. The van der Waals surface area contributed by atoms with E-state index in [1.54, 1.807) is 31.2 Å². The van der Waals surface area contributed by atoms with E-state index < -0.39 is 17.5 Å². The highest BCUT2D eigenvalue weighted by Crippen LogP contribution is 2.23. The molecule has 0 saturated heterocycles. The Morgan fingerprint density at radius 2 is 1.81 bits per heavy atom. The number of rotatable bonds is 4. The monoisotopic (exact) mass is 374 g/mol. The molecule has 0 unspecified atom stereocenters. The number of carbonyl (C=O) groups is 1. The van der Waals surface area contributed by atoms with Crippen LogP contribution in [0.25, 0.3) is 0 Å². The molecule has 1 heterocycles. The molecule has 0 bridgehead atoms. The van der Waals surface area contributed by atoms with Crippen LogP contribution in [0, 0.1) is 18.6 Å². The van der Waals surface area contributed by atoms with Gasteiger partial charge in [0.25, 0.3) is 5.91 Å². The predicted octanol–water partition coefficient (Wildman–Crippen LogP) is 4.71. The van der Waals surface area contributed by atoms with Crippen LogP contribution in [0.5, 0.6) is 0 Å². The second-order valence-electron chi connectivity index (χ2n) is 5.41. The van der Waals surface area contributed by atoms with Crippen LogP contribution >= 0.6 is 11.6 Å². The van der Waals surface area contributed by atoms with Crippen molar-refractivity contribution in [2.75, 3.05) is 10.6 Å². The van der Waals surface area contributed by atoms with Gasteiger partial charge in [-0.3, -0.25) is 4.79 Å². The van der Waals surface area contributed by atoms with E-state index >= 15 is 0 Å². The Bertz CT molecular complexity index is 981. The van der Waals surface area contributed by atoms with E-state index in [0.29, 0.717) is 16.4 Å². The van der Waals surface area contributed by atoms with Crippen LogP contribution < -0.4 is 10.6 Å². The van der Waals surface area contributed by atoms with Gasteiger partial charge < -0.3 is 10.6 Å². The van der Waals surface area contributed by atoms with Crippen LogP contribution in [-0.4, -0.2) is 15.9 Å². The Morgan fingerprint density at radius 1 is 1.04 bits per heavy atom. The van der Waals surface area contributed by atoms with Gasteiger partial charge in [-0.2, -0.15) is 0 Å². The summed E-state index contributed by atoms with van der Waals surface area (Å²) >= 11 is 6.09. The number of benzene rings is 2. The minimum Gasteiger partial charge on any atom is -0.323 e. The molecular formula is C18H13ClF2N4O. The summed E-state index contributed by atoms with van der Waals surface area (Å²) in [5, 5.41) is 5.89. The van der Waals surface area contributed by atoms with Crippen molar-refractivity contribution in [3.05, 3.63) is 76.6 Å². The fraction of sp³-hybridized carbons (Fsp3) is 0.0556. The normalized spacial score (nSPS) is 10.5.